The molecule has 1 heterocycles. The smallest absolute Gasteiger partial charge is 0.237 e. The molecule has 130 valence electrons. The molecule has 0 bridgehead atoms. The Balaban J connectivity index is 1.67. The minimum atomic E-state index is -0.428. The fraction of sp³-hybridized carbons (Fsp3) is 0.167. The van der Waals surface area contributed by atoms with Gasteiger partial charge >= 0.3 is 0 Å². The second kappa shape index (κ2) is 8.27. The number of anilines is 1. The predicted octanol–water partition coefficient (Wildman–Crippen LogP) is 2.71. The summed E-state index contributed by atoms with van der Waals surface area (Å²) in [5.41, 5.74) is 1.99. The molecule has 1 unspecified atom stereocenters. The Bertz CT molecular complexity index is 934. The highest BCUT2D eigenvalue weighted by atomic mass is 32.2. The summed E-state index contributed by atoms with van der Waals surface area (Å²) < 4.78 is 1.66. The van der Waals surface area contributed by atoms with Gasteiger partial charge in [0.05, 0.1) is 23.0 Å². The monoisotopic (exact) mass is 364 g/mol. The number of hydrogen-bond acceptors (Lipinski definition) is 6. The van der Waals surface area contributed by atoms with E-state index in [9.17, 15) is 4.79 Å². The molecule has 0 aliphatic heterocycles. The van der Waals surface area contributed by atoms with Crippen molar-refractivity contribution in [3.8, 4) is 6.07 Å². The number of carbonyl (C=O) groups excluding carboxylic acids is 1. The summed E-state index contributed by atoms with van der Waals surface area (Å²) in [5, 5.41) is 23.7. The number of para-hydroxylation sites is 1. The van der Waals surface area contributed by atoms with Crippen LogP contribution in [0.3, 0.4) is 0 Å². The Morgan fingerprint density at radius 1 is 1.23 bits per heavy atom. The molecule has 8 heteroatoms. The Hall–Kier alpha value is -3.18. The summed E-state index contributed by atoms with van der Waals surface area (Å²) in [6, 6.07) is 18.8. The minimum absolute atomic E-state index is 0.216. The molecular formula is C18H16N6OS. The van der Waals surface area contributed by atoms with E-state index < -0.39 is 5.25 Å². The molecule has 1 amide bonds. The van der Waals surface area contributed by atoms with Gasteiger partial charge in [-0.1, -0.05) is 54.2 Å². The number of nitrogens with one attached hydrogen (secondary N) is 1. The van der Waals surface area contributed by atoms with Crippen LogP contribution in [0.2, 0.25) is 0 Å². The predicted molar refractivity (Wildman–Crippen MR) is 98.5 cm³/mol. The van der Waals surface area contributed by atoms with E-state index in [1.807, 2.05) is 30.3 Å². The number of rotatable bonds is 6. The summed E-state index contributed by atoms with van der Waals surface area (Å²) in [6.45, 7) is 2.30. The van der Waals surface area contributed by atoms with Crippen molar-refractivity contribution in [3.05, 3.63) is 65.7 Å². The maximum atomic E-state index is 12.5. The summed E-state index contributed by atoms with van der Waals surface area (Å²) in [5.74, 6) is -0.216. The van der Waals surface area contributed by atoms with Gasteiger partial charge in [0.25, 0.3) is 0 Å². The average Bonchev–Trinajstić information content (AvgIpc) is 3.09. The number of thioether (sulfide) groups is 1. The van der Waals surface area contributed by atoms with Crippen molar-refractivity contribution in [2.75, 3.05) is 5.32 Å². The lowest BCUT2D eigenvalue weighted by atomic mass is 10.2. The van der Waals surface area contributed by atoms with Crippen molar-refractivity contribution >= 4 is 23.4 Å². The quantitative estimate of drug-likeness (QED) is 0.676. The van der Waals surface area contributed by atoms with Crippen LogP contribution in [-0.4, -0.2) is 31.4 Å². The highest BCUT2D eigenvalue weighted by Gasteiger charge is 2.19. The van der Waals surface area contributed by atoms with Crippen LogP contribution < -0.4 is 5.32 Å². The van der Waals surface area contributed by atoms with Crippen LogP contribution in [0, 0.1) is 11.3 Å². The van der Waals surface area contributed by atoms with Gasteiger partial charge in [0.2, 0.25) is 11.1 Å². The Labute approximate surface area is 155 Å². The number of hydrogen-bond donors (Lipinski definition) is 1. The Morgan fingerprint density at radius 3 is 2.73 bits per heavy atom. The summed E-state index contributed by atoms with van der Waals surface area (Å²) >= 11 is 1.27. The first-order valence-electron chi connectivity index (χ1n) is 7.94. The fourth-order valence-electron chi connectivity index (χ4n) is 2.27. The molecule has 0 fully saturated rings. The van der Waals surface area contributed by atoms with Crippen molar-refractivity contribution in [2.24, 2.45) is 0 Å². The van der Waals surface area contributed by atoms with E-state index in [0.29, 0.717) is 23.0 Å². The molecule has 1 aromatic heterocycles. The first-order chi connectivity index (χ1) is 12.7. The molecule has 26 heavy (non-hydrogen) atoms. The number of carbonyl (C=O) groups is 1. The zero-order chi connectivity index (χ0) is 18.4. The summed E-state index contributed by atoms with van der Waals surface area (Å²) in [6.07, 6.45) is 0. The van der Waals surface area contributed by atoms with E-state index in [-0.39, 0.29) is 5.91 Å². The van der Waals surface area contributed by atoms with Crippen LogP contribution in [0.5, 0.6) is 0 Å². The van der Waals surface area contributed by atoms with Crippen molar-refractivity contribution in [2.45, 2.75) is 23.9 Å². The van der Waals surface area contributed by atoms with Gasteiger partial charge in [-0.05, 0) is 35.0 Å². The molecule has 1 atom stereocenters. The van der Waals surface area contributed by atoms with E-state index >= 15 is 0 Å². The van der Waals surface area contributed by atoms with E-state index in [4.69, 9.17) is 5.26 Å². The largest absolute Gasteiger partial charge is 0.324 e. The highest BCUT2D eigenvalue weighted by molar-refractivity contribution is 8.00. The normalized spacial score (nSPS) is 11.5. The van der Waals surface area contributed by atoms with Gasteiger partial charge in [0.15, 0.2) is 0 Å². The molecule has 0 aliphatic carbocycles. The van der Waals surface area contributed by atoms with Crippen molar-refractivity contribution < 1.29 is 4.79 Å². The molecule has 1 N–H and O–H groups in total. The summed E-state index contributed by atoms with van der Waals surface area (Å²) in [4.78, 5) is 12.5. The van der Waals surface area contributed by atoms with Gasteiger partial charge in [0.1, 0.15) is 6.07 Å². The van der Waals surface area contributed by atoms with Gasteiger partial charge in [-0.25, -0.2) is 4.68 Å². The van der Waals surface area contributed by atoms with Gasteiger partial charge in [-0.15, -0.1) is 5.10 Å². The second-order valence-corrected chi connectivity index (χ2v) is 6.82. The fourth-order valence-corrected chi connectivity index (χ4v) is 3.06. The van der Waals surface area contributed by atoms with Crippen LogP contribution >= 0.6 is 11.8 Å². The van der Waals surface area contributed by atoms with E-state index in [1.54, 1.807) is 35.9 Å². The first-order valence-corrected chi connectivity index (χ1v) is 8.82. The maximum absolute atomic E-state index is 12.5. The van der Waals surface area contributed by atoms with Crippen molar-refractivity contribution in [3.63, 3.8) is 0 Å². The Kier molecular flexibility index (Phi) is 5.61. The lowest BCUT2D eigenvalue weighted by Crippen LogP contribution is -2.23. The molecule has 3 aromatic rings. The topological polar surface area (TPSA) is 96.5 Å². The van der Waals surface area contributed by atoms with E-state index in [0.717, 1.165) is 5.56 Å². The number of tetrazole rings is 1. The van der Waals surface area contributed by atoms with Crippen LogP contribution in [0.15, 0.2) is 59.8 Å². The van der Waals surface area contributed by atoms with Gasteiger partial charge in [-0.3, -0.25) is 4.79 Å². The van der Waals surface area contributed by atoms with Crippen LogP contribution in [0.4, 0.5) is 5.69 Å². The maximum Gasteiger partial charge on any atom is 0.237 e. The highest BCUT2D eigenvalue weighted by Crippen LogP contribution is 2.23. The van der Waals surface area contributed by atoms with Gasteiger partial charge < -0.3 is 5.32 Å². The minimum Gasteiger partial charge on any atom is -0.324 e. The number of nitriles is 1. The molecule has 7 nitrogen and oxygen atoms in total. The lowest BCUT2D eigenvalue weighted by Gasteiger charge is -2.12. The zero-order valence-corrected chi connectivity index (χ0v) is 14.8. The number of amides is 1. The third-order valence-electron chi connectivity index (χ3n) is 3.63. The van der Waals surface area contributed by atoms with Crippen molar-refractivity contribution in [1.29, 1.82) is 5.26 Å². The molecular weight excluding hydrogens is 348 g/mol. The molecule has 2 aromatic carbocycles. The van der Waals surface area contributed by atoms with Crippen LogP contribution in [0.1, 0.15) is 18.1 Å². The molecule has 0 aliphatic rings. The van der Waals surface area contributed by atoms with Gasteiger partial charge in [0, 0.05) is 0 Å². The SMILES string of the molecule is CC(Sc1nnnn1Cc1ccccc1)C(=O)Nc1ccccc1C#N. The number of benzene rings is 2. The standard InChI is InChI=1S/C18H16N6OS/c1-13(17(25)20-16-10-6-5-9-15(16)11-19)26-18-21-22-23-24(18)12-14-7-3-2-4-8-14/h2-10,13H,12H2,1H3,(H,20,25). The molecule has 0 saturated carbocycles. The third-order valence-corrected chi connectivity index (χ3v) is 4.70. The van der Waals surface area contributed by atoms with Crippen molar-refractivity contribution in [1.82, 2.24) is 20.2 Å². The first kappa shape index (κ1) is 17.6. The van der Waals surface area contributed by atoms with Crippen LogP contribution in [-0.2, 0) is 11.3 Å². The Morgan fingerprint density at radius 2 is 1.96 bits per heavy atom. The van der Waals surface area contributed by atoms with E-state index in [2.05, 4.69) is 26.9 Å². The lowest BCUT2D eigenvalue weighted by molar-refractivity contribution is -0.115. The zero-order valence-electron chi connectivity index (χ0n) is 14.0. The second-order valence-electron chi connectivity index (χ2n) is 5.51. The third kappa shape index (κ3) is 4.26. The van der Waals surface area contributed by atoms with Gasteiger partial charge in [-0.2, -0.15) is 5.26 Å². The molecule has 0 saturated heterocycles. The average molecular weight is 364 g/mol. The number of aromatic nitrogens is 4. The van der Waals surface area contributed by atoms with Crippen LogP contribution in [0.25, 0.3) is 0 Å². The number of nitrogens with zero attached hydrogens (tertiary/aromatic N) is 5. The van der Waals surface area contributed by atoms with E-state index in [1.165, 1.54) is 11.8 Å². The summed E-state index contributed by atoms with van der Waals surface area (Å²) in [7, 11) is 0. The molecule has 0 spiro atoms. The molecule has 3 rings (SSSR count). The molecule has 0 radical (unpaired) electrons.